The van der Waals surface area contributed by atoms with Gasteiger partial charge in [-0.1, -0.05) is 17.7 Å². The van der Waals surface area contributed by atoms with Crippen molar-refractivity contribution in [2.45, 2.75) is 69.2 Å². The summed E-state index contributed by atoms with van der Waals surface area (Å²) >= 11 is 6.07. The number of fused-ring (bicyclic) bond motifs is 3. The third-order valence-corrected chi connectivity index (χ3v) is 10.1. The van der Waals surface area contributed by atoms with Crippen molar-refractivity contribution in [2.75, 3.05) is 31.7 Å². The molecule has 11 nitrogen and oxygen atoms in total. The monoisotopic (exact) mass is 681 g/mol. The fourth-order valence-electron chi connectivity index (χ4n) is 7.13. The van der Waals surface area contributed by atoms with Crippen LogP contribution in [0.4, 0.5) is 14.5 Å². The number of pyridine rings is 1. The highest BCUT2D eigenvalue weighted by Gasteiger charge is 2.58. The Morgan fingerprint density at radius 1 is 1.15 bits per heavy atom. The molecule has 0 amide bonds. The smallest absolute Gasteiger partial charge is 0.335 e. The lowest BCUT2D eigenvalue weighted by Crippen LogP contribution is -2.64. The van der Waals surface area contributed by atoms with Crippen molar-refractivity contribution >= 4 is 34.3 Å². The van der Waals surface area contributed by atoms with Crippen LogP contribution >= 0.6 is 11.6 Å². The first-order valence-electron chi connectivity index (χ1n) is 16.0. The number of alkyl halides is 2. The Labute approximate surface area is 279 Å². The van der Waals surface area contributed by atoms with Gasteiger partial charge in [-0.2, -0.15) is 0 Å². The van der Waals surface area contributed by atoms with E-state index in [1.807, 2.05) is 23.6 Å². The third kappa shape index (κ3) is 5.28. The summed E-state index contributed by atoms with van der Waals surface area (Å²) in [6.07, 6.45) is 2.20. The number of carbonyl (C=O) groups is 1. The quantitative estimate of drug-likeness (QED) is 0.223. The van der Waals surface area contributed by atoms with Gasteiger partial charge in [0.15, 0.2) is 11.5 Å². The molecule has 1 saturated heterocycles. The number of aromatic carboxylic acids is 1. The number of para-hydroxylation sites is 1. The molecule has 14 heteroatoms. The van der Waals surface area contributed by atoms with Crippen LogP contribution in [0, 0.1) is 0 Å². The molecule has 4 aromatic rings. The first-order chi connectivity index (χ1) is 23.0. The lowest BCUT2D eigenvalue weighted by Gasteiger charge is -2.54. The number of carboxylic acid groups (broad SMARTS) is 1. The number of hydrogen-bond acceptors (Lipinski definition) is 9. The average molecular weight is 682 g/mol. The molecule has 4 aliphatic rings. The second-order valence-electron chi connectivity index (χ2n) is 12.8. The summed E-state index contributed by atoms with van der Waals surface area (Å²) < 4.78 is 52.7. The van der Waals surface area contributed by atoms with Crippen molar-refractivity contribution in [3.8, 4) is 17.2 Å². The maximum Gasteiger partial charge on any atom is 0.335 e. The highest BCUT2D eigenvalue weighted by atomic mass is 35.5. The zero-order valence-corrected chi connectivity index (χ0v) is 27.1. The van der Waals surface area contributed by atoms with Gasteiger partial charge in [0, 0.05) is 51.3 Å². The maximum atomic E-state index is 13.5. The Kier molecular flexibility index (Phi) is 7.42. The minimum Gasteiger partial charge on any atom is -0.494 e. The second-order valence-corrected chi connectivity index (χ2v) is 13.3. The highest BCUT2D eigenvalue weighted by Crippen LogP contribution is 2.51. The standard InChI is InChI=1S/C34H34ClF2N5O6/c1-33(27-9-6-20(35)17-38-27)47-25-5-3-4-23(31(25)48-33)41-11-10-40(21-7-8-22(21)41)18-29-39-30-24(14-19(32(43)44)15-26(30)45-2)42(29)12-13-46-28-16-34(28,36)37/h3-6,9,14-15,17,21-22,28H,7-8,10-13,16,18H2,1-2H3,(H,43,44)/t21-,22-,28?,33-/m0/s1. The van der Waals surface area contributed by atoms with Crippen LogP contribution in [0.5, 0.6) is 17.2 Å². The molecule has 1 unspecified atom stereocenters. The van der Waals surface area contributed by atoms with E-state index in [0.717, 1.165) is 31.6 Å². The van der Waals surface area contributed by atoms with Crippen molar-refractivity contribution in [2.24, 2.45) is 0 Å². The van der Waals surface area contributed by atoms with Crippen molar-refractivity contribution in [1.82, 2.24) is 19.4 Å². The molecule has 8 rings (SSSR count). The third-order valence-electron chi connectivity index (χ3n) is 9.87. The van der Waals surface area contributed by atoms with Gasteiger partial charge in [0.25, 0.3) is 11.7 Å². The Morgan fingerprint density at radius 3 is 2.65 bits per heavy atom. The zero-order chi connectivity index (χ0) is 33.4. The molecule has 2 aromatic carbocycles. The number of ether oxygens (including phenoxy) is 4. The maximum absolute atomic E-state index is 13.5. The molecule has 2 aliphatic heterocycles. The molecule has 4 atom stereocenters. The van der Waals surface area contributed by atoms with Crippen LogP contribution in [-0.4, -0.2) is 81.4 Å². The van der Waals surface area contributed by atoms with Gasteiger partial charge in [-0.3, -0.25) is 9.88 Å². The van der Waals surface area contributed by atoms with Gasteiger partial charge in [0.05, 0.1) is 42.1 Å². The molecule has 0 radical (unpaired) electrons. The van der Waals surface area contributed by atoms with E-state index in [1.165, 1.54) is 13.2 Å². The van der Waals surface area contributed by atoms with Crippen LogP contribution in [0.3, 0.4) is 0 Å². The van der Waals surface area contributed by atoms with E-state index in [0.29, 0.717) is 51.4 Å². The predicted octanol–water partition coefficient (Wildman–Crippen LogP) is 5.71. The van der Waals surface area contributed by atoms with E-state index in [4.69, 9.17) is 35.5 Å². The van der Waals surface area contributed by atoms with E-state index < -0.39 is 23.8 Å². The number of methoxy groups -OCH3 is 1. The van der Waals surface area contributed by atoms with Gasteiger partial charge < -0.3 is 33.5 Å². The molecular formula is C34H34ClF2N5O6. The molecule has 0 bridgehead atoms. The van der Waals surface area contributed by atoms with E-state index in [1.54, 1.807) is 24.4 Å². The molecule has 0 spiro atoms. The summed E-state index contributed by atoms with van der Waals surface area (Å²) in [6.45, 7) is 4.08. The molecular weight excluding hydrogens is 648 g/mol. The Bertz CT molecular complexity index is 1910. The normalized spacial score (nSPS) is 25.5. The molecule has 3 fully saturated rings. The van der Waals surface area contributed by atoms with Crippen molar-refractivity contribution in [3.63, 3.8) is 0 Å². The molecule has 252 valence electrons. The van der Waals surface area contributed by atoms with E-state index in [9.17, 15) is 18.7 Å². The summed E-state index contributed by atoms with van der Waals surface area (Å²) in [5, 5.41) is 10.3. The average Bonchev–Trinajstić information content (AvgIpc) is 3.32. The van der Waals surface area contributed by atoms with Crippen molar-refractivity contribution in [3.05, 3.63) is 70.8 Å². The van der Waals surface area contributed by atoms with Crippen LogP contribution in [0.25, 0.3) is 11.0 Å². The number of carboxylic acids is 1. The van der Waals surface area contributed by atoms with Crippen LogP contribution in [0.15, 0.2) is 48.7 Å². The van der Waals surface area contributed by atoms with E-state index >= 15 is 0 Å². The summed E-state index contributed by atoms with van der Waals surface area (Å²) in [6, 6.07) is 12.9. The number of anilines is 1. The summed E-state index contributed by atoms with van der Waals surface area (Å²) in [5.41, 5.74) is 2.72. The fourth-order valence-corrected chi connectivity index (χ4v) is 7.24. The minimum atomic E-state index is -2.79. The van der Waals surface area contributed by atoms with Crippen molar-refractivity contribution < 1.29 is 37.6 Å². The van der Waals surface area contributed by atoms with Gasteiger partial charge in [-0.25, -0.2) is 18.6 Å². The number of hydrogen-bond donors (Lipinski definition) is 1. The molecule has 1 N–H and O–H groups in total. The van der Waals surface area contributed by atoms with Crippen LogP contribution in [0.2, 0.25) is 5.02 Å². The number of piperazine rings is 1. The lowest BCUT2D eigenvalue weighted by molar-refractivity contribution is -0.0717. The molecule has 2 aliphatic carbocycles. The first kappa shape index (κ1) is 31.1. The summed E-state index contributed by atoms with van der Waals surface area (Å²) in [5.74, 6) is -2.62. The van der Waals surface area contributed by atoms with Crippen molar-refractivity contribution in [1.29, 1.82) is 0 Å². The Morgan fingerprint density at radius 2 is 1.96 bits per heavy atom. The lowest BCUT2D eigenvalue weighted by atomic mass is 9.81. The number of aromatic nitrogens is 3. The van der Waals surface area contributed by atoms with Crippen LogP contribution in [0.1, 0.15) is 48.1 Å². The minimum absolute atomic E-state index is 0.0454. The predicted molar refractivity (Wildman–Crippen MR) is 171 cm³/mol. The summed E-state index contributed by atoms with van der Waals surface area (Å²) in [7, 11) is 1.47. The van der Waals surface area contributed by atoms with E-state index in [-0.39, 0.29) is 37.2 Å². The van der Waals surface area contributed by atoms with E-state index in [2.05, 4.69) is 20.9 Å². The summed E-state index contributed by atoms with van der Waals surface area (Å²) in [4.78, 5) is 26.1. The van der Waals surface area contributed by atoms with Gasteiger partial charge in [-0.05, 0) is 49.2 Å². The Balaban J connectivity index is 1.05. The topological polar surface area (TPSA) is 111 Å². The Hall–Kier alpha value is -4.20. The molecule has 48 heavy (non-hydrogen) atoms. The fraction of sp³-hybridized carbons (Fsp3) is 0.441. The van der Waals surface area contributed by atoms with Crippen LogP contribution in [-0.2, 0) is 23.6 Å². The largest absolute Gasteiger partial charge is 0.494 e. The van der Waals surface area contributed by atoms with Gasteiger partial charge in [0.1, 0.15) is 28.9 Å². The first-order valence-corrected chi connectivity index (χ1v) is 16.4. The highest BCUT2D eigenvalue weighted by molar-refractivity contribution is 6.30. The number of rotatable bonds is 10. The number of imidazole rings is 1. The molecule has 2 aromatic heterocycles. The number of halogens is 3. The molecule has 2 saturated carbocycles. The SMILES string of the molecule is COc1cc(C(=O)O)cc2c1nc(CN1CCN(c3cccc4c3O[C@@](C)(c3ccc(Cl)cn3)O4)[C@H]3CC[C@@H]31)n2CCOC1CC1(F)F. The van der Waals surface area contributed by atoms with Gasteiger partial charge >= 0.3 is 5.97 Å². The second kappa shape index (κ2) is 11.5. The number of nitrogens with zero attached hydrogens (tertiary/aromatic N) is 5. The zero-order valence-electron chi connectivity index (χ0n) is 26.4. The van der Waals surface area contributed by atoms with Gasteiger partial charge in [-0.15, -0.1) is 0 Å². The van der Waals surface area contributed by atoms with Gasteiger partial charge in [0.2, 0.25) is 0 Å². The van der Waals surface area contributed by atoms with Crippen LogP contribution < -0.4 is 19.1 Å². The number of benzene rings is 2. The molecule has 4 heterocycles.